The minimum Gasteiger partial charge on any atom is -0.491 e. The topological polar surface area (TPSA) is 84.5 Å². The highest BCUT2D eigenvalue weighted by atomic mass is 35.5. The number of anilines is 2. The summed E-state index contributed by atoms with van der Waals surface area (Å²) in [6.07, 6.45) is 0.0597. The van der Waals surface area contributed by atoms with Gasteiger partial charge in [0.15, 0.2) is 0 Å². The lowest BCUT2D eigenvalue weighted by Gasteiger charge is -2.12. The van der Waals surface area contributed by atoms with Crippen LogP contribution in [0.3, 0.4) is 0 Å². The van der Waals surface area contributed by atoms with Gasteiger partial charge in [-0.3, -0.25) is 9.52 Å². The Morgan fingerprint density at radius 3 is 2.19 bits per heavy atom. The Kier molecular flexibility index (Phi) is 6.87. The van der Waals surface area contributed by atoms with Gasteiger partial charge < -0.3 is 10.1 Å². The van der Waals surface area contributed by atoms with Crippen LogP contribution in [0.15, 0.2) is 71.6 Å². The number of carbonyl (C=O) groups excluding carboxylic acids is 1. The number of nitrogens with one attached hydrogen (secondary N) is 2. The lowest BCUT2D eigenvalue weighted by molar-refractivity contribution is 0.102. The molecule has 0 aromatic heterocycles. The molecule has 0 unspecified atom stereocenters. The fraction of sp³-hybridized carbons (Fsp3) is 0.174. The summed E-state index contributed by atoms with van der Waals surface area (Å²) in [5.41, 5.74) is 2.04. The smallest absolute Gasteiger partial charge is 0.261 e. The first-order chi connectivity index (χ1) is 14.6. The summed E-state index contributed by atoms with van der Waals surface area (Å²) in [5.74, 6) is 0.341. The molecule has 1 amide bonds. The summed E-state index contributed by atoms with van der Waals surface area (Å²) in [7, 11) is -3.79. The van der Waals surface area contributed by atoms with Crippen molar-refractivity contribution in [1.29, 1.82) is 0 Å². The number of benzene rings is 3. The number of amides is 1. The molecular formula is C23H23ClN2O4S. The molecule has 3 rings (SSSR count). The van der Waals surface area contributed by atoms with Gasteiger partial charge in [-0.25, -0.2) is 8.42 Å². The molecule has 0 saturated carbocycles. The standard InChI is InChI=1S/C23H23ClN2O4S/c1-15(2)30-19-9-7-18(8-10-19)25-23(27)17-6-13-22(21(24)14-17)26-31(28,29)20-11-4-16(3)5-12-20/h4-15,26H,1-3H3,(H,25,27). The molecule has 6 nitrogen and oxygen atoms in total. The molecule has 0 aliphatic heterocycles. The minimum atomic E-state index is -3.79. The fourth-order valence-electron chi connectivity index (χ4n) is 2.75. The van der Waals surface area contributed by atoms with Crippen LogP contribution in [0.1, 0.15) is 29.8 Å². The van der Waals surface area contributed by atoms with Crippen molar-refractivity contribution in [3.05, 3.63) is 82.9 Å². The van der Waals surface area contributed by atoms with Gasteiger partial charge in [-0.05, 0) is 75.4 Å². The van der Waals surface area contributed by atoms with E-state index in [0.29, 0.717) is 17.0 Å². The summed E-state index contributed by atoms with van der Waals surface area (Å²) in [6, 6.07) is 17.9. The Morgan fingerprint density at radius 2 is 1.61 bits per heavy atom. The third-order valence-electron chi connectivity index (χ3n) is 4.29. The number of hydrogen-bond donors (Lipinski definition) is 2. The molecule has 3 aromatic rings. The van der Waals surface area contributed by atoms with E-state index in [1.54, 1.807) is 36.4 Å². The van der Waals surface area contributed by atoms with E-state index in [1.165, 1.54) is 30.3 Å². The van der Waals surface area contributed by atoms with Crippen LogP contribution in [0, 0.1) is 6.92 Å². The van der Waals surface area contributed by atoms with Crippen LogP contribution in [-0.4, -0.2) is 20.4 Å². The summed E-state index contributed by atoms with van der Waals surface area (Å²) in [6.45, 7) is 5.74. The largest absolute Gasteiger partial charge is 0.491 e. The maximum atomic E-state index is 12.6. The van der Waals surface area contributed by atoms with Crippen molar-refractivity contribution in [2.24, 2.45) is 0 Å². The lowest BCUT2D eigenvalue weighted by Crippen LogP contribution is -2.15. The highest BCUT2D eigenvalue weighted by Gasteiger charge is 2.17. The molecule has 0 aliphatic rings. The van der Waals surface area contributed by atoms with Gasteiger partial charge in [-0.15, -0.1) is 0 Å². The van der Waals surface area contributed by atoms with Crippen LogP contribution in [-0.2, 0) is 10.0 Å². The number of aryl methyl sites for hydroxylation is 1. The average molecular weight is 459 g/mol. The molecule has 8 heteroatoms. The Bertz CT molecular complexity index is 1180. The normalized spacial score (nSPS) is 11.3. The maximum absolute atomic E-state index is 12.6. The van der Waals surface area contributed by atoms with Gasteiger partial charge in [0.05, 0.1) is 21.7 Å². The summed E-state index contributed by atoms with van der Waals surface area (Å²) in [4.78, 5) is 12.7. The molecule has 162 valence electrons. The molecule has 0 heterocycles. The van der Waals surface area contributed by atoms with E-state index < -0.39 is 10.0 Å². The molecule has 0 radical (unpaired) electrons. The SMILES string of the molecule is Cc1ccc(S(=O)(=O)Nc2ccc(C(=O)Nc3ccc(OC(C)C)cc3)cc2Cl)cc1. The molecular weight excluding hydrogens is 436 g/mol. The number of carbonyl (C=O) groups is 1. The number of rotatable bonds is 7. The van der Waals surface area contributed by atoms with Crippen LogP contribution < -0.4 is 14.8 Å². The van der Waals surface area contributed by atoms with E-state index in [9.17, 15) is 13.2 Å². The number of sulfonamides is 1. The van der Waals surface area contributed by atoms with Gasteiger partial charge in [-0.1, -0.05) is 29.3 Å². The lowest BCUT2D eigenvalue weighted by atomic mass is 10.2. The van der Waals surface area contributed by atoms with E-state index in [2.05, 4.69) is 10.0 Å². The van der Waals surface area contributed by atoms with E-state index >= 15 is 0 Å². The molecule has 0 saturated heterocycles. The number of hydrogen-bond acceptors (Lipinski definition) is 4. The second-order valence-corrected chi connectivity index (χ2v) is 9.35. The van der Waals surface area contributed by atoms with Gasteiger partial charge in [0.2, 0.25) is 0 Å². The first-order valence-corrected chi connectivity index (χ1v) is 11.5. The Morgan fingerprint density at radius 1 is 0.968 bits per heavy atom. The van der Waals surface area contributed by atoms with Gasteiger partial charge >= 0.3 is 0 Å². The monoisotopic (exact) mass is 458 g/mol. The first kappa shape index (κ1) is 22.7. The van der Waals surface area contributed by atoms with E-state index in [0.717, 1.165) is 5.56 Å². The Balaban J connectivity index is 1.71. The van der Waals surface area contributed by atoms with Crippen LogP contribution in [0.25, 0.3) is 0 Å². The molecule has 2 N–H and O–H groups in total. The second-order valence-electron chi connectivity index (χ2n) is 7.26. The molecule has 3 aromatic carbocycles. The van der Waals surface area contributed by atoms with Crippen LogP contribution in [0.5, 0.6) is 5.75 Å². The second kappa shape index (κ2) is 9.41. The van der Waals surface area contributed by atoms with E-state index in [-0.39, 0.29) is 27.6 Å². The van der Waals surface area contributed by atoms with Crippen molar-refractivity contribution in [2.75, 3.05) is 10.0 Å². The summed E-state index contributed by atoms with van der Waals surface area (Å²) in [5, 5.41) is 2.89. The average Bonchev–Trinajstić information content (AvgIpc) is 2.71. The zero-order valence-electron chi connectivity index (χ0n) is 17.3. The fourth-order valence-corrected chi connectivity index (χ4v) is 4.12. The summed E-state index contributed by atoms with van der Waals surface area (Å²) >= 11 is 6.24. The molecule has 31 heavy (non-hydrogen) atoms. The summed E-state index contributed by atoms with van der Waals surface area (Å²) < 4.78 is 33.2. The zero-order chi connectivity index (χ0) is 22.6. The molecule has 0 bridgehead atoms. The van der Waals surface area contributed by atoms with Crippen LogP contribution >= 0.6 is 11.6 Å². The van der Waals surface area contributed by atoms with Crippen molar-refractivity contribution in [1.82, 2.24) is 0 Å². The minimum absolute atomic E-state index is 0.0597. The number of halogens is 1. The third kappa shape index (κ3) is 5.99. The predicted octanol–water partition coefficient (Wildman–Crippen LogP) is 5.49. The molecule has 0 aliphatic carbocycles. The molecule has 0 fully saturated rings. The van der Waals surface area contributed by atoms with Crippen molar-refractivity contribution in [3.8, 4) is 5.75 Å². The van der Waals surface area contributed by atoms with Crippen molar-refractivity contribution in [3.63, 3.8) is 0 Å². The third-order valence-corrected chi connectivity index (χ3v) is 5.98. The van der Waals surface area contributed by atoms with Gasteiger partial charge in [0.25, 0.3) is 15.9 Å². The molecule has 0 spiro atoms. The highest BCUT2D eigenvalue weighted by molar-refractivity contribution is 7.92. The van der Waals surface area contributed by atoms with Crippen molar-refractivity contribution < 1.29 is 17.9 Å². The van der Waals surface area contributed by atoms with Crippen molar-refractivity contribution >= 4 is 38.9 Å². The van der Waals surface area contributed by atoms with E-state index in [4.69, 9.17) is 16.3 Å². The van der Waals surface area contributed by atoms with Crippen LogP contribution in [0.4, 0.5) is 11.4 Å². The maximum Gasteiger partial charge on any atom is 0.261 e. The molecule has 0 atom stereocenters. The van der Waals surface area contributed by atoms with Crippen molar-refractivity contribution in [2.45, 2.75) is 31.8 Å². The zero-order valence-corrected chi connectivity index (χ0v) is 18.9. The van der Waals surface area contributed by atoms with E-state index in [1.807, 2.05) is 20.8 Å². The number of ether oxygens (including phenoxy) is 1. The Hall–Kier alpha value is -3.03. The Labute approximate surface area is 187 Å². The predicted molar refractivity (Wildman–Crippen MR) is 124 cm³/mol. The van der Waals surface area contributed by atoms with Crippen LogP contribution in [0.2, 0.25) is 5.02 Å². The van der Waals surface area contributed by atoms with Gasteiger partial charge in [-0.2, -0.15) is 0 Å². The van der Waals surface area contributed by atoms with Gasteiger partial charge in [0, 0.05) is 11.3 Å². The van der Waals surface area contributed by atoms with Gasteiger partial charge in [0.1, 0.15) is 5.75 Å². The highest BCUT2D eigenvalue weighted by Crippen LogP contribution is 2.26. The quantitative estimate of drug-likeness (QED) is 0.490. The first-order valence-electron chi connectivity index (χ1n) is 9.61.